The molecule has 0 rings (SSSR count). The molecule has 0 saturated carbocycles. The van der Waals surface area contributed by atoms with E-state index in [1.807, 2.05) is 0 Å². The van der Waals surface area contributed by atoms with Crippen LogP contribution in [-0.4, -0.2) is 11.9 Å². The van der Waals surface area contributed by atoms with Crippen molar-refractivity contribution in [2.75, 3.05) is 0 Å². The fourth-order valence-corrected chi connectivity index (χ4v) is 1.27. The Balaban J connectivity index is -0.000000163. The van der Waals surface area contributed by atoms with Gasteiger partial charge in [0.1, 0.15) is 0 Å². The van der Waals surface area contributed by atoms with E-state index >= 15 is 0 Å². The van der Waals surface area contributed by atoms with E-state index in [0.29, 0.717) is 12.8 Å². The predicted octanol–water partition coefficient (Wildman–Crippen LogP) is -5.77. The molecule has 0 bridgehead atoms. The van der Waals surface area contributed by atoms with Gasteiger partial charge in [-0.3, -0.25) is 9.59 Å². The molecule has 0 radical (unpaired) electrons. The number of unbranched alkanes of at least 4 members (excludes halogenated alkanes) is 4. The maximum absolute atomic E-state index is 11.1. The van der Waals surface area contributed by atoms with Crippen molar-refractivity contribution in [3.05, 3.63) is 0 Å². The smallest absolute Gasteiger partial charge is 1.00 e. The molecule has 0 aromatic carbocycles. The molecule has 0 aliphatic carbocycles. The molecule has 3 nitrogen and oxygen atoms in total. The summed E-state index contributed by atoms with van der Waals surface area (Å²) in [5, 5.41) is 0. The summed E-state index contributed by atoms with van der Waals surface area (Å²) in [4.78, 5) is 22.2. The SMILES string of the molecule is CCCCCC(=O)OC(=O)CCCCC.[Cl-].[Cl-].[Cl-].[Eu+3]. The number of carbonyl (C=O) groups is 2. The number of ether oxygens (including phenoxy) is 1. The minimum Gasteiger partial charge on any atom is -1.00 e. The minimum absolute atomic E-state index is 0. The van der Waals surface area contributed by atoms with Crippen molar-refractivity contribution in [3.63, 3.8) is 0 Å². The van der Waals surface area contributed by atoms with Crippen molar-refractivity contribution in [2.24, 2.45) is 0 Å². The second-order valence-electron chi connectivity index (χ2n) is 3.76. The van der Waals surface area contributed by atoms with Gasteiger partial charge in [0, 0.05) is 12.8 Å². The molecule has 0 unspecified atom stereocenters. The van der Waals surface area contributed by atoms with E-state index < -0.39 is 0 Å². The van der Waals surface area contributed by atoms with Gasteiger partial charge in [-0.2, -0.15) is 0 Å². The summed E-state index contributed by atoms with van der Waals surface area (Å²) in [6.45, 7) is 4.14. The molecule has 0 saturated heterocycles. The third-order valence-electron chi connectivity index (χ3n) is 2.20. The zero-order chi connectivity index (χ0) is 11.5. The molecule has 0 spiro atoms. The first kappa shape index (κ1) is 32.5. The largest absolute Gasteiger partial charge is 3.00 e. The quantitative estimate of drug-likeness (QED) is 0.201. The average Bonchev–Trinajstić information content (AvgIpc) is 2.18. The minimum atomic E-state index is -0.370. The standard InChI is InChI=1S/C12H22O3.3ClH.Eu/c1-3-5-7-9-11(13)15-12(14)10-8-6-4-2;;;;/h3-10H2,1-2H3;3*1H;/q;;;;+3/p-3. The van der Waals surface area contributed by atoms with Crippen molar-refractivity contribution < 1.29 is 101 Å². The van der Waals surface area contributed by atoms with Crippen molar-refractivity contribution >= 4 is 11.9 Å². The fraction of sp³-hybridized carbons (Fsp3) is 0.833. The molecule has 0 atom stereocenters. The normalized spacial score (nSPS) is 7.89. The first-order valence-electron chi connectivity index (χ1n) is 5.94. The Morgan fingerprint density at radius 2 is 1.05 bits per heavy atom. The van der Waals surface area contributed by atoms with Crippen molar-refractivity contribution in [1.82, 2.24) is 0 Å². The van der Waals surface area contributed by atoms with Crippen LogP contribution in [0.3, 0.4) is 0 Å². The summed E-state index contributed by atoms with van der Waals surface area (Å²) < 4.78 is 4.67. The monoisotopic (exact) mass is 472 g/mol. The van der Waals surface area contributed by atoms with Crippen molar-refractivity contribution in [2.45, 2.75) is 65.2 Å². The third-order valence-corrected chi connectivity index (χ3v) is 2.20. The summed E-state index contributed by atoms with van der Waals surface area (Å²) in [6, 6.07) is 0. The molecule has 0 aromatic heterocycles. The Kier molecular flexibility index (Phi) is 42.1. The van der Waals surface area contributed by atoms with Gasteiger partial charge in [-0.1, -0.05) is 39.5 Å². The van der Waals surface area contributed by atoms with Crippen LogP contribution in [0.1, 0.15) is 65.2 Å². The maximum atomic E-state index is 11.1. The van der Waals surface area contributed by atoms with Crippen LogP contribution in [0.2, 0.25) is 0 Å². The van der Waals surface area contributed by atoms with Gasteiger partial charge in [0.25, 0.3) is 0 Å². The number of rotatable bonds is 8. The first-order chi connectivity index (χ1) is 7.20. The van der Waals surface area contributed by atoms with Gasteiger partial charge in [0.15, 0.2) is 0 Å². The fourth-order valence-electron chi connectivity index (χ4n) is 1.27. The van der Waals surface area contributed by atoms with Crippen LogP contribution in [0.15, 0.2) is 0 Å². The van der Waals surface area contributed by atoms with Crippen LogP contribution in [0.4, 0.5) is 0 Å². The Labute approximate surface area is 176 Å². The Hall–Kier alpha value is 1.59. The third kappa shape index (κ3) is 24.9. The molecule has 7 heteroatoms. The van der Waals surface area contributed by atoms with Gasteiger partial charge in [-0.15, -0.1) is 0 Å². The van der Waals surface area contributed by atoms with E-state index in [4.69, 9.17) is 0 Å². The summed E-state index contributed by atoms with van der Waals surface area (Å²) in [7, 11) is 0. The molecule has 0 amide bonds. The van der Waals surface area contributed by atoms with Gasteiger partial charge in [0.05, 0.1) is 0 Å². The Morgan fingerprint density at radius 1 is 0.737 bits per heavy atom. The molecule has 19 heavy (non-hydrogen) atoms. The van der Waals surface area contributed by atoms with Crippen LogP contribution >= 0.6 is 0 Å². The molecule has 116 valence electrons. The zero-order valence-corrected chi connectivity index (χ0v) is 16.1. The van der Waals surface area contributed by atoms with Gasteiger partial charge < -0.3 is 42.0 Å². The van der Waals surface area contributed by atoms with E-state index in [1.165, 1.54) is 0 Å². The van der Waals surface area contributed by atoms with E-state index in [-0.39, 0.29) is 98.5 Å². The van der Waals surface area contributed by atoms with E-state index in [0.717, 1.165) is 38.5 Å². The molecular weight excluding hydrogens is 450 g/mol. The molecular formula is C12H22Cl3EuO3. The summed E-state index contributed by atoms with van der Waals surface area (Å²) in [5.41, 5.74) is 0. The molecule has 0 aromatic rings. The Morgan fingerprint density at radius 3 is 1.32 bits per heavy atom. The van der Waals surface area contributed by atoms with Crippen LogP contribution in [0, 0.1) is 49.4 Å². The second kappa shape index (κ2) is 24.6. The van der Waals surface area contributed by atoms with Crippen LogP contribution in [0.25, 0.3) is 0 Å². The number of halogens is 3. The van der Waals surface area contributed by atoms with Crippen LogP contribution < -0.4 is 37.2 Å². The number of hydrogen-bond donors (Lipinski definition) is 0. The van der Waals surface area contributed by atoms with E-state index in [2.05, 4.69) is 18.6 Å². The van der Waals surface area contributed by atoms with Crippen LogP contribution in [-0.2, 0) is 14.3 Å². The topological polar surface area (TPSA) is 43.4 Å². The zero-order valence-electron chi connectivity index (χ0n) is 11.4. The summed E-state index contributed by atoms with van der Waals surface area (Å²) >= 11 is 0. The van der Waals surface area contributed by atoms with E-state index in [9.17, 15) is 9.59 Å². The second-order valence-corrected chi connectivity index (χ2v) is 3.76. The Bertz CT molecular complexity index is 185. The maximum Gasteiger partial charge on any atom is 3.00 e. The van der Waals surface area contributed by atoms with E-state index in [1.54, 1.807) is 0 Å². The first-order valence-corrected chi connectivity index (χ1v) is 5.94. The van der Waals surface area contributed by atoms with Crippen LogP contribution in [0.5, 0.6) is 0 Å². The van der Waals surface area contributed by atoms with Crippen molar-refractivity contribution in [3.8, 4) is 0 Å². The van der Waals surface area contributed by atoms with Gasteiger partial charge >= 0.3 is 61.3 Å². The molecule has 0 aliphatic heterocycles. The predicted molar refractivity (Wildman–Crippen MR) is 59.4 cm³/mol. The molecule has 0 aliphatic rings. The summed E-state index contributed by atoms with van der Waals surface area (Å²) in [6.07, 6.45) is 6.53. The molecule has 0 heterocycles. The number of carbonyl (C=O) groups excluding carboxylic acids is 2. The van der Waals surface area contributed by atoms with Gasteiger partial charge in [0.2, 0.25) is 0 Å². The number of esters is 2. The van der Waals surface area contributed by atoms with Gasteiger partial charge in [-0.25, -0.2) is 0 Å². The summed E-state index contributed by atoms with van der Waals surface area (Å²) in [5.74, 6) is -0.741. The number of hydrogen-bond acceptors (Lipinski definition) is 3. The van der Waals surface area contributed by atoms with Gasteiger partial charge in [-0.05, 0) is 12.8 Å². The molecule has 0 fully saturated rings. The average molecular weight is 473 g/mol. The molecule has 0 N–H and O–H groups in total. The van der Waals surface area contributed by atoms with Crippen molar-refractivity contribution in [1.29, 1.82) is 0 Å².